The fraction of sp³-hybridized carbons (Fsp3) is 0.188. The molecule has 2 aromatic carbocycles. The number of hydrogen-bond acceptors (Lipinski definition) is 3. The molecule has 0 fully saturated rings. The van der Waals surface area contributed by atoms with Crippen LogP contribution in [0.25, 0.3) is 0 Å². The number of carbonyl (C=O) groups is 1. The van der Waals surface area contributed by atoms with E-state index in [9.17, 15) is 9.36 Å². The van der Waals surface area contributed by atoms with Gasteiger partial charge in [-0.2, -0.15) is 0 Å². The number of nitrogens with two attached hydrogens (primary N) is 1. The third-order valence-corrected chi connectivity index (χ3v) is 7.60. The number of ketones is 1. The highest BCUT2D eigenvalue weighted by Crippen LogP contribution is 2.53. The van der Waals surface area contributed by atoms with Crippen molar-refractivity contribution in [3.63, 3.8) is 0 Å². The second-order valence-corrected chi connectivity index (χ2v) is 8.62. The molecule has 1 unspecified atom stereocenters. The monoisotopic (exact) mass is 285 g/mol. The van der Waals surface area contributed by atoms with E-state index in [1.807, 2.05) is 19.9 Å². The van der Waals surface area contributed by atoms with Gasteiger partial charge in [0.2, 0.25) is 0 Å². The molecular formula is C16H16NO2P. The zero-order chi connectivity index (χ0) is 14.5. The Morgan fingerprint density at radius 2 is 1.65 bits per heavy atom. The second-order valence-electron chi connectivity index (χ2n) is 5.34. The maximum atomic E-state index is 13.7. The Bertz CT molecular complexity index is 765. The Balaban J connectivity index is 2.48. The van der Waals surface area contributed by atoms with Gasteiger partial charge in [0.05, 0.1) is 5.30 Å². The smallest absolute Gasteiger partial charge is 0.194 e. The molecule has 102 valence electrons. The molecule has 2 aromatic rings. The summed E-state index contributed by atoms with van der Waals surface area (Å²) < 4.78 is 13.7. The molecule has 0 amide bonds. The van der Waals surface area contributed by atoms with Crippen LogP contribution in [0.15, 0.2) is 42.5 Å². The van der Waals surface area contributed by atoms with Gasteiger partial charge in [0, 0.05) is 27.8 Å². The summed E-state index contributed by atoms with van der Waals surface area (Å²) in [6, 6.07) is 12.4. The van der Waals surface area contributed by atoms with Gasteiger partial charge in [-0.25, -0.2) is 0 Å². The van der Waals surface area contributed by atoms with Crippen molar-refractivity contribution in [2.75, 3.05) is 5.73 Å². The van der Waals surface area contributed by atoms with E-state index >= 15 is 0 Å². The molecule has 0 spiro atoms. The number of nitrogen functional groups attached to an aromatic ring is 1. The van der Waals surface area contributed by atoms with Crippen LogP contribution >= 0.6 is 7.14 Å². The van der Waals surface area contributed by atoms with Gasteiger partial charge in [-0.15, -0.1) is 0 Å². The minimum Gasteiger partial charge on any atom is -0.398 e. The van der Waals surface area contributed by atoms with Crippen LogP contribution in [0.2, 0.25) is 0 Å². The molecule has 1 aliphatic rings. The van der Waals surface area contributed by atoms with Crippen molar-refractivity contribution in [2.24, 2.45) is 0 Å². The molecule has 1 atom stereocenters. The van der Waals surface area contributed by atoms with E-state index in [0.717, 1.165) is 0 Å². The molecule has 0 aliphatic carbocycles. The molecule has 0 saturated carbocycles. The maximum Gasteiger partial charge on any atom is 0.194 e. The third kappa shape index (κ3) is 1.53. The van der Waals surface area contributed by atoms with E-state index in [-0.39, 0.29) is 11.4 Å². The van der Waals surface area contributed by atoms with Gasteiger partial charge in [-0.3, -0.25) is 4.79 Å². The molecule has 4 heteroatoms. The molecule has 3 rings (SSSR count). The summed E-state index contributed by atoms with van der Waals surface area (Å²) in [6.07, 6.45) is 0. The predicted molar refractivity (Wildman–Crippen MR) is 82.7 cm³/mol. The van der Waals surface area contributed by atoms with Crippen LogP contribution in [0.3, 0.4) is 0 Å². The standard InChI is InChI=1S/C16H16NO2P/c1-10(2)20(19)14-9-4-3-6-11(14)15(18)12-7-5-8-13(17)16(12)20/h3-10H,17H2,1-2H3. The molecule has 0 saturated heterocycles. The summed E-state index contributed by atoms with van der Waals surface area (Å²) in [5.41, 5.74) is 7.43. The zero-order valence-corrected chi connectivity index (χ0v) is 12.4. The summed E-state index contributed by atoms with van der Waals surface area (Å²) in [5.74, 6) is -0.0879. The van der Waals surface area contributed by atoms with Crippen LogP contribution in [0.5, 0.6) is 0 Å². The SMILES string of the molecule is CC(C)P1(=O)c2ccccc2C(=O)c2cccc(N)c21. The average molecular weight is 285 g/mol. The first-order valence-corrected chi connectivity index (χ1v) is 8.38. The number of benzene rings is 2. The first-order chi connectivity index (χ1) is 9.48. The number of rotatable bonds is 1. The predicted octanol–water partition coefficient (Wildman–Crippen LogP) is 2.54. The van der Waals surface area contributed by atoms with Crippen LogP contribution in [-0.2, 0) is 4.57 Å². The largest absolute Gasteiger partial charge is 0.398 e. The highest BCUT2D eigenvalue weighted by molar-refractivity contribution is 7.80. The lowest BCUT2D eigenvalue weighted by Gasteiger charge is -2.31. The summed E-state index contributed by atoms with van der Waals surface area (Å²) in [6.45, 7) is 3.84. The lowest BCUT2D eigenvalue weighted by molar-refractivity contribution is 0.104. The quantitative estimate of drug-likeness (QED) is 0.647. The maximum absolute atomic E-state index is 13.7. The summed E-state index contributed by atoms with van der Waals surface area (Å²) in [7, 11) is -2.89. The molecule has 1 aliphatic heterocycles. The zero-order valence-electron chi connectivity index (χ0n) is 11.5. The number of carbonyl (C=O) groups excluding carboxylic acids is 1. The molecule has 0 aromatic heterocycles. The van der Waals surface area contributed by atoms with Gasteiger partial charge in [0.25, 0.3) is 0 Å². The lowest BCUT2D eigenvalue weighted by Crippen LogP contribution is -2.36. The van der Waals surface area contributed by atoms with E-state index in [1.54, 1.807) is 36.4 Å². The van der Waals surface area contributed by atoms with E-state index < -0.39 is 7.14 Å². The van der Waals surface area contributed by atoms with Crippen LogP contribution in [0, 0.1) is 0 Å². The Hall–Kier alpha value is -1.86. The van der Waals surface area contributed by atoms with Crippen LogP contribution in [0.4, 0.5) is 5.69 Å². The Labute approximate surface area is 118 Å². The topological polar surface area (TPSA) is 60.2 Å². The van der Waals surface area contributed by atoms with Crippen molar-refractivity contribution in [1.29, 1.82) is 0 Å². The number of fused-ring (bicyclic) bond motifs is 2. The highest BCUT2D eigenvalue weighted by Gasteiger charge is 2.42. The lowest BCUT2D eigenvalue weighted by atomic mass is 10.0. The molecule has 0 radical (unpaired) electrons. The van der Waals surface area contributed by atoms with Crippen molar-refractivity contribution in [2.45, 2.75) is 19.5 Å². The van der Waals surface area contributed by atoms with E-state index in [0.29, 0.717) is 27.4 Å². The summed E-state index contributed by atoms with van der Waals surface area (Å²) in [4.78, 5) is 12.6. The third-order valence-electron chi connectivity index (χ3n) is 3.88. The van der Waals surface area contributed by atoms with Crippen molar-refractivity contribution >= 4 is 29.2 Å². The molecule has 2 N–H and O–H groups in total. The van der Waals surface area contributed by atoms with Crippen molar-refractivity contribution in [3.05, 3.63) is 53.6 Å². The Kier molecular flexibility index (Phi) is 2.84. The Morgan fingerprint density at radius 3 is 2.35 bits per heavy atom. The molecule has 1 heterocycles. The molecule has 0 bridgehead atoms. The van der Waals surface area contributed by atoms with E-state index in [4.69, 9.17) is 5.73 Å². The first-order valence-electron chi connectivity index (χ1n) is 6.61. The number of hydrogen-bond donors (Lipinski definition) is 1. The van der Waals surface area contributed by atoms with Crippen molar-refractivity contribution in [3.8, 4) is 0 Å². The van der Waals surface area contributed by atoms with Crippen molar-refractivity contribution < 1.29 is 9.36 Å². The van der Waals surface area contributed by atoms with E-state index in [2.05, 4.69) is 0 Å². The van der Waals surface area contributed by atoms with Gasteiger partial charge in [-0.05, 0) is 6.07 Å². The van der Waals surface area contributed by atoms with Gasteiger partial charge in [-0.1, -0.05) is 50.2 Å². The van der Waals surface area contributed by atoms with Crippen LogP contribution in [-0.4, -0.2) is 11.4 Å². The minimum absolute atomic E-state index is 0.0879. The fourth-order valence-corrected chi connectivity index (χ4v) is 6.02. The minimum atomic E-state index is -2.89. The molecule has 20 heavy (non-hydrogen) atoms. The Morgan fingerprint density at radius 1 is 1.00 bits per heavy atom. The fourth-order valence-electron chi connectivity index (χ4n) is 2.87. The van der Waals surface area contributed by atoms with Gasteiger partial charge in [0.15, 0.2) is 5.78 Å². The van der Waals surface area contributed by atoms with Gasteiger partial charge >= 0.3 is 0 Å². The first kappa shape index (κ1) is 13.1. The molecular weight excluding hydrogens is 269 g/mol. The number of anilines is 1. The summed E-state index contributed by atoms with van der Waals surface area (Å²) in [5, 5.41) is 1.18. The van der Waals surface area contributed by atoms with Crippen LogP contribution < -0.4 is 16.3 Å². The molecule has 3 nitrogen and oxygen atoms in total. The second kappa shape index (κ2) is 4.32. The van der Waals surface area contributed by atoms with Gasteiger partial charge in [0.1, 0.15) is 7.14 Å². The van der Waals surface area contributed by atoms with Gasteiger partial charge < -0.3 is 10.3 Å². The van der Waals surface area contributed by atoms with Crippen molar-refractivity contribution in [1.82, 2.24) is 0 Å². The van der Waals surface area contributed by atoms with Crippen LogP contribution in [0.1, 0.15) is 29.8 Å². The highest BCUT2D eigenvalue weighted by atomic mass is 31.2. The summed E-state index contributed by atoms with van der Waals surface area (Å²) >= 11 is 0. The normalized spacial score (nSPS) is 20.6. The van der Waals surface area contributed by atoms with E-state index in [1.165, 1.54) is 0 Å². The average Bonchev–Trinajstić information content (AvgIpc) is 2.44.